The van der Waals surface area contributed by atoms with Crippen molar-refractivity contribution in [3.63, 3.8) is 0 Å². The van der Waals surface area contributed by atoms with Crippen LogP contribution in [0.2, 0.25) is 0 Å². The molecule has 0 aliphatic heterocycles. The summed E-state index contributed by atoms with van der Waals surface area (Å²) in [6.07, 6.45) is 1.86. The fourth-order valence-corrected chi connectivity index (χ4v) is 2.76. The van der Waals surface area contributed by atoms with Gasteiger partial charge in [0, 0.05) is 25.8 Å². The van der Waals surface area contributed by atoms with Crippen LogP contribution in [0.15, 0.2) is 12.1 Å². The lowest BCUT2D eigenvalue weighted by Gasteiger charge is -2.40. The molecule has 22 heavy (non-hydrogen) atoms. The van der Waals surface area contributed by atoms with Crippen LogP contribution in [0.4, 0.5) is 8.78 Å². The summed E-state index contributed by atoms with van der Waals surface area (Å²) in [7, 11) is 3.42. The number of halogens is 2. The standard InChI is InChI=1S/C16H21F2NO3/c1-9-5-11(6-10(2)14(9)22-16(17)18)15(20)19(3)12-7-13(8-12)21-4/h5-6,12-13,16H,7-8H2,1-4H3. The molecule has 2 rings (SSSR count). The Balaban J connectivity index is 2.13. The lowest BCUT2D eigenvalue weighted by atomic mass is 9.87. The Morgan fingerprint density at radius 1 is 1.27 bits per heavy atom. The lowest BCUT2D eigenvalue weighted by Crippen LogP contribution is -2.48. The number of benzene rings is 1. The van der Waals surface area contributed by atoms with Gasteiger partial charge in [-0.15, -0.1) is 0 Å². The van der Waals surface area contributed by atoms with Crippen LogP contribution in [-0.4, -0.2) is 43.7 Å². The number of carbonyl (C=O) groups excluding carboxylic acids is 1. The van der Waals surface area contributed by atoms with Crippen LogP contribution < -0.4 is 4.74 Å². The Hall–Kier alpha value is -1.69. The predicted molar refractivity (Wildman–Crippen MR) is 78.5 cm³/mol. The second-order valence-electron chi connectivity index (χ2n) is 5.72. The molecular weight excluding hydrogens is 292 g/mol. The number of rotatable bonds is 5. The first kappa shape index (κ1) is 16.7. The van der Waals surface area contributed by atoms with Crippen LogP contribution >= 0.6 is 0 Å². The molecule has 1 amide bonds. The van der Waals surface area contributed by atoms with Crippen LogP contribution in [-0.2, 0) is 4.74 Å². The molecule has 0 N–H and O–H groups in total. The summed E-state index contributed by atoms with van der Waals surface area (Å²) >= 11 is 0. The van der Waals surface area contributed by atoms with E-state index < -0.39 is 6.61 Å². The van der Waals surface area contributed by atoms with Gasteiger partial charge in [0.2, 0.25) is 0 Å². The number of amides is 1. The third-order valence-electron chi connectivity index (χ3n) is 4.19. The van der Waals surface area contributed by atoms with E-state index in [-0.39, 0.29) is 23.8 Å². The van der Waals surface area contributed by atoms with E-state index in [1.165, 1.54) is 0 Å². The molecular formula is C16H21F2NO3. The van der Waals surface area contributed by atoms with E-state index >= 15 is 0 Å². The van der Waals surface area contributed by atoms with Crippen LogP contribution in [0.5, 0.6) is 5.75 Å². The highest BCUT2D eigenvalue weighted by Crippen LogP contribution is 2.30. The normalized spacial score (nSPS) is 20.7. The Morgan fingerprint density at radius 3 is 2.27 bits per heavy atom. The largest absolute Gasteiger partial charge is 0.434 e. The zero-order valence-corrected chi connectivity index (χ0v) is 13.2. The molecule has 1 aromatic rings. The summed E-state index contributed by atoms with van der Waals surface area (Å²) in [5.41, 5.74) is 1.54. The number of aryl methyl sites for hydroxylation is 2. The highest BCUT2D eigenvalue weighted by molar-refractivity contribution is 5.95. The van der Waals surface area contributed by atoms with Gasteiger partial charge in [-0.05, 0) is 49.9 Å². The topological polar surface area (TPSA) is 38.8 Å². The summed E-state index contributed by atoms with van der Waals surface area (Å²) in [4.78, 5) is 14.2. The van der Waals surface area contributed by atoms with E-state index in [1.807, 2.05) is 0 Å². The van der Waals surface area contributed by atoms with Crippen molar-refractivity contribution in [3.8, 4) is 5.75 Å². The minimum Gasteiger partial charge on any atom is -0.434 e. The van der Waals surface area contributed by atoms with Gasteiger partial charge < -0.3 is 14.4 Å². The molecule has 0 atom stereocenters. The summed E-state index contributed by atoms with van der Waals surface area (Å²) in [6, 6.07) is 3.35. The number of methoxy groups -OCH3 is 1. The molecule has 6 heteroatoms. The summed E-state index contributed by atoms with van der Waals surface area (Å²) < 4.78 is 34.5. The van der Waals surface area contributed by atoms with Gasteiger partial charge in [-0.3, -0.25) is 4.79 Å². The van der Waals surface area contributed by atoms with Gasteiger partial charge in [0.15, 0.2) is 0 Å². The molecule has 1 aromatic carbocycles. The van der Waals surface area contributed by atoms with Gasteiger partial charge in [0.25, 0.3) is 5.91 Å². The van der Waals surface area contributed by atoms with Crippen molar-refractivity contribution in [2.75, 3.05) is 14.2 Å². The molecule has 0 unspecified atom stereocenters. The summed E-state index contributed by atoms with van der Waals surface area (Å²) in [6.45, 7) is 0.444. The van der Waals surface area contributed by atoms with Crippen molar-refractivity contribution in [1.29, 1.82) is 0 Å². The van der Waals surface area contributed by atoms with Crippen LogP contribution in [0.1, 0.15) is 34.3 Å². The number of alkyl halides is 2. The molecule has 0 aromatic heterocycles. The van der Waals surface area contributed by atoms with E-state index in [1.54, 1.807) is 45.0 Å². The predicted octanol–water partition coefficient (Wildman–Crippen LogP) is 3.15. The highest BCUT2D eigenvalue weighted by Gasteiger charge is 2.34. The average molecular weight is 313 g/mol. The maximum Gasteiger partial charge on any atom is 0.387 e. The van der Waals surface area contributed by atoms with Gasteiger partial charge in [-0.1, -0.05) is 0 Å². The first-order chi connectivity index (χ1) is 10.3. The van der Waals surface area contributed by atoms with Gasteiger partial charge in [-0.2, -0.15) is 8.78 Å². The minimum absolute atomic E-state index is 0.116. The Kier molecular flexibility index (Phi) is 5.01. The zero-order valence-electron chi connectivity index (χ0n) is 13.2. The third-order valence-corrected chi connectivity index (χ3v) is 4.19. The van der Waals surface area contributed by atoms with E-state index in [0.29, 0.717) is 16.7 Å². The molecule has 4 nitrogen and oxygen atoms in total. The third kappa shape index (κ3) is 3.38. The van der Waals surface area contributed by atoms with E-state index in [2.05, 4.69) is 4.74 Å². The minimum atomic E-state index is -2.87. The van der Waals surface area contributed by atoms with E-state index in [4.69, 9.17) is 4.74 Å². The molecule has 1 fully saturated rings. The van der Waals surface area contributed by atoms with Crippen LogP contribution in [0.3, 0.4) is 0 Å². The number of ether oxygens (including phenoxy) is 2. The second-order valence-corrected chi connectivity index (χ2v) is 5.72. The molecule has 0 spiro atoms. The van der Waals surface area contributed by atoms with Crippen molar-refractivity contribution in [3.05, 3.63) is 28.8 Å². The fourth-order valence-electron chi connectivity index (χ4n) is 2.76. The van der Waals surface area contributed by atoms with E-state index in [9.17, 15) is 13.6 Å². The molecule has 1 aliphatic carbocycles. The van der Waals surface area contributed by atoms with Crippen molar-refractivity contribution >= 4 is 5.91 Å². The highest BCUT2D eigenvalue weighted by atomic mass is 19.3. The first-order valence-electron chi connectivity index (χ1n) is 7.19. The molecule has 0 radical (unpaired) electrons. The average Bonchev–Trinajstić information content (AvgIpc) is 2.40. The van der Waals surface area contributed by atoms with Crippen LogP contribution in [0, 0.1) is 13.8 Å². The van der Waals surface area contributed by atoms with Gasteiger partial charge in [-0.25, -0.2) is 0 Å². The lowest BCUT2D eigenvalue weighted by molar-refractivity contribution is -0.0507. The second kappa shape index (κ2) is 6.60. The number of hydrogen-bond acceptors (Lipinski definition) is 3. The first-order valence-corrected chi connectivity index (χ1v) is 7.19. The maximum absolute atomic E-state index is 12.5. The van der Waals surface area contributed by atoms with Crippen molar-refractivity contribution in [2.24, 2.45) is 0 Å². The summed E-state index contributed by atoms with van der Waals surface area (Å²) in [5, 5.41) is 0. The Bertz CT molecular complexity index is 533. The summed E-state index contributed by atoms with van der Waals surface area (Å²) in [5.74, 6) is 0.0200. The van der Waals surface area contributed by atoms with Gasteiger partial charge >= 0.3 is 6.61 Å². The van der Waals surface area contributed by atoms with Crippen molar-refractivity contribution in [2.45, 2.75) is 45.4 Å². The van der Waals surface area contributed by atoms with Crippen molar-refractivity contribution < 1.29 is 23.0 Å². The molecule has 0 heterocycles. The molecule has 0 bridgehead atoms. The Morgan fingerprint density at radius 2 is 1.82 bits per heavy atom. The number of nitrogens with zero attached hydrogens (tertiary/aromatic N) is 1. The smallest absolute Gasteiger partial charge is 0.387 e. The number of carbonyl (C=O) groups is 1. The molecule has 1 saturated carbocycles. The zero-order chi connectivity index (χ0) is 16.4. The molecule has 1 aliphatic rings. The maximum atomic E-state index is 12.5. The van der Waals surface area contributed by atoms with Crippen molar-refractivity contribution in [1.82, 2.24) is 4.90 Å². The fraction of sp³-hybridized carbons (Fsp3) is 0.562. The number of hydrogen-bond donors (Lipinski definition) is 0. The SMILES string of the molecule is COC1CC(N(C)C(=O)c2cc(C)c(OC(F)F)c(C)c2)C1. The molecule has 0 saturated heterocycles. The van der Waals surface area contributed by atoms with Gasteiger partial charge in [0.1, 0.15) is 5.75 Å². The quantitative estimate of drug-likeness (QED) is 0.838. The van der Waals surface area contributed by atoms with E-state index in [0.717, 1.165) is 12.8 Å². The Labute approximate surface area is 129 Å². The monoisotopic (exact) mass is 313 g/mol. The van der Waals surface area contributed by atoms with Crippen LogP contribution in [0.25, 0.3) is 0 Å². The van der Waals surface area contributed by atoms with Gasteiger partial charge in [0.05, 0.1) is 6.10 Å². The molecule has 122 valence electrons.